The highest BCUT2D eigenvalue weighted by Gasteiger charge is 2.33. The van der Waals surface area contributed by atoms with Gasteiger partial charge in [0, 0.05) is 11.4 Å². The van der Waals surface area contributed by atoms with Crippen LogP contribution < -0.4 is 10.6 Å². The number of hydrogen-bond donors (Lipinski definition) is 2. The SMILES string of the molecule is O.O=C(Nc1ccccc1)Nc1ccc(Cl)c(C(F)(F)F)c1. The van der Waals surface area contributed by atoms with Crippen molar-refractivity contribution in [3.63, 3.8) is 0 Å². The Hall–Kier alpha value is -2.25. The number of rotatable bonds is 2. The Morgan fingerprint density at radius 3 is 2.14 bits per heavy atom. The Kier molecular flexibility index (Phi) is 5.78. The minimum atomic E-state index is -4.58. The molecule has 0 aromatic heterocycles. The molecule has 118 valence electrons. The van der Waals surface area contributed by atoms with E-state index < -0.39 is 22.8 Å². The maximum atomic E-state index is 12.7. The Balaban J connectivity index is 0.00000242. The van der Waals surface area contributed by atoms with Gasteiger partial charge in [-0.2, -0.15) is 13.2 Å². The zero-order valence-corrected chi connectivity index (χ0v) is 11.8. The fourth-order valence-corrected chi connectivity index (χ4v) is 1.86. The van der Waals surface area contributed by atoms with Crippen molar-refractivity contribution in [1.82, 2.24) is 0 Å². The fourth-order valence-electron chi connectivity index (χ4n) is 1.64. The lowest BCUT2D eigenvalue weighted by Crippen LogP contribution is -2.19. The second-order valence-electron chi connectivity index (χ2n) is 4.14. The molecule has 0 atom stereocenters. The summed E-state index contributed by atoms with van der Waals surface area (Å²) in [6.45, 7) is 0. The first-order valence-corrected chi connectivity index (χ1v) is 6.24. The van der Waals surface area contributed by atoms with Gasteiger partial charge >= 0.3 is 12.2 Å². The summed E-state index contributed by atoms with van der Waals surface area (Å²) in [4.78, 5) is 11.7. The Morgan fingerprint density at radius 2 is 1.55 bits per heavy atom. The Labute approximate surface area is 129 Å². The summed E-state index contributed by atoms with van der Waals surface area (Å²) >= 11 is 5.50. The number of benzene rings is 2. The van der Waals surface area contributed by atoms with E-state index in [0.717, 1.165) is 12.1 Å². The maximum absolute atomic E-state index is 12.7. The third-order valence-corrected chi connectivity index (χ3v) is 2.89. The third-order valence-electron chi connectivity index (χ3n) is 2.56. The number of alkyl halides is 3. The molecule has 2 aromatic rings. The standard InChI is InChI=1S/C14H10ClF3N2O.H2O/c15-12-7-6-10(8-11(12)14(16,17)18)20-13(21)19-9-4-2-1-3-5-9;/h1-8H,(H2,19,20,21);1H2. The summed E-state index contributed by atoms with van der Waals surface area (Å²) in [6.07, 6.45) is -4.58. The molecule has 0 aliphatic heterocycles. The van der Waals surface area contributed by atoms with Crippen LogP contribution in [0.4, 0.5) is 29.3 Å². The van der Waals surface area contributed by atoms with Crippen LogP contribution in [0.2, 0.25) is 5.02 Å². The van der Waals surface area contributed by atoms with E-state index in [1.54, 1.807) is 30.3 Å². The minimum Gasteiger partial charge on any atom is -0.412 e. The average Bonchev–Trinajstić information content (AvgIpc) is 2.41. The number of urea groups is 1. The second-order valence-corrected chi connectivity index (χ2v) is 4.54. The van der Waals surface area contributed by atoms with Crippen LogP contribution in [0.25, 0.3) is 0 Å². The summed E-state index contributed by atoms with van der Waals surface area (Å²) < 4.78 is 38.1. The maximum Gasteiger partial charge on any atom is 0.417 e. The highest BCUT2D eigenvalue weighted by atomic mass is 35.5. The molecule has 0 bridgehead atoms. The van der Waals surface area contributed by atoms with E-state index in [4.69, 9.17) is 11.6 Å². The van der Waals surface area contributed by atoms with E-state index in [1.165, 1.54) is 6.07 Å². The minimum absolute atomic E-state index is 0. The van der Waals surface area contributed by atoms with Gasteiger partial charge in [-0.05, 0) is 30.3 Å². The van der Waals surface area contributed by atoms with Crippen molar-refractivity contribution in [2.24, 2.45) is 0 Å². The number of amides is 2. The number of nitrogens with one attached hydrogen (secondary N) is 2. The van der Waals surface area contributed by atoms with Gasteiger partial charge in [-0.15, -0.1) is 0 Å². The van der Waals surface area contributed by atoms with Gasteiger partial charge in [0.05, 0.1) is 10.6 Å². The van der Waals surface area contributed by atoms with Gasteiger partial charge in [0.25, 0.3) is 0 Å². The molecule has 0 aliphatic carbocycles. The van der Waals surface area contributed by atoms with Crippen LogP contribution in [-0.2, 0) is 6.18 Å². The van der Waals surface area contributed by atoms with Gasteiger partial charge < -0.3 is 16.1 Å². The van der Waals surface area contributed by atoms with Crippen LogP contribution in [0.15, 0.2) is 48.5 Å². The lowest BCUT2D eigenvalue weighted by molar-refractivity contribution is -0.137. The molecule has 0 aliphatic rings. The summed E-state index contributed by atoms with van der Waals surface area (Å²) in [5, 5.41) is 4.40. The summed E-state index contributed by atoms with van der Waals surface area (Å²) in [5.41, 5.74) is -0.471. The molecule has 2 aromatic carbocycles. The van der Waals surface area contributed by atoms with Gasteiger partial charge in [-0.1, -0.05) is 29.8 Å². The summed E-state index contributed by atoms with van der Waals surface area (Å²) in [6, 6.07) is 11.1. The van der Waals surface area contributed by atoms with Crippen LogP contribution in [0.3, 0.4) is 0 Å². The van der Waals surface area contributed by atoms with Crippen LogP contribution >= 0.6 is 11.6 Å². The molecule has 0 saturated heterocycles. The quantitative estimate of drug-likeness (QED) is 0.850. The molecule has 0 heterocycles. The van der Waals surface area contributed by atoms with Gasteiger partial charge in [-0.3, -0.25) is 0 Å². The van der Waals surface area contributed by atoms with Crippen LogP contribution in [0.5, 0.6) is 0 Å². The molecule has 0 fully saturated rings. The molecule has 4 nitrogen and oxygen atoms in total. The Morgan fingerprint density at radius 1 is 0.955 bits per heavy atom. The zero-order valence-electron chi connectivity index (χ0n) is 11.0. The predicted molar refractivity (Wildman–Crippen MR) is 79.2 cm³/mol. The number of para-hydroxylation sites is 1. The molecular weight excluding hydrogens is 321 g/mol. The number of anilines is 2. The normalized spacial score (nSPS) is 10.5. The van der Waals surface area contributed by atoms with Gasteiger partial charge in [0.15, 0.2) is 0 Å². The van der Waals surface area contributed by atoms with Gasteiger partial charge in [-0.25, -0.2) is 4.79 Å². The first-order valence-electron chi connectivity index (χ1n) is 5.86. The number of hydrogen-bond acceptors (Lipinski definition) is 1. The average molecular weight is 333 g/mol. The first kappa shape index (κ1) is 17.8. The van der Waals surface area contributed by atoms with Crippen molar-refractivity contribution in [2.75, 3.05) is 10.6 Å². The molecule has 2 amide bonds. The fraction of sp³-hybridized carbons (Fsp3) is 0.0714. The lowest BCUT2D eigenvalue weighted by Gasteiger charge is -2.12. The predicted octanol–water partition coefficient (Wildman–Crippen LogP) is 4.18. The van der Waals surface area contributed by atoms with E-state index in [1.807, 2.05) is 0 Å². The molecule has 22 heavy (non-hydrogen) atoms. The van der Waals surface area contributed by atoms with Gasteiger partial charge in [0.1, 0.15) is 0 Å². The molecular formula is C14H12ClF3N2O2. The van der Waals surface area contributed by atoms with E-state index in [2.05, 4.69) is 10.6 Å². The molecule has 0 unspecified atom stereocenters. The van der Waals surface area contributed by atoms with Crippen LogP contribution in [0, 0.1) is 0 Å². The molecule has 0 saturated carbocycles. The highest BCUT2D eigenvalue weighted by molar-refractivity contribution is 6.31. The third kappa shape index (κ3) is 4.64. The van der Waals surface area contributed by atoms with Crippen molar-refractivity contribution in [3.8, 4) is 0 Å². The first-order chi connectivity index (χ1) is 9.86. The van der Waals surface area contributed by atoms with E-state index in [0.29, 0.717) is 5.69 Å². The smallest absolute Gasteiger partial charge is 0.412 e. The van der Waals surface area contributed by atoms with Crippen LogP contribution in [-0.4, -0.2) is 11.5 Å². The van der Waals surface area contributed by atoms with Crippen molar-refractivity contribution in [1.29, 1.82) is 0 Å². The number of halogens is 4. The van der Waals surface area contributed by atoms with E-state index in [-0.39, 0.29) is 11.2 Å². The molecule has 8 heteroatoms. The topological polar surface area (TPSA) is 72.6 Å². The van der Waals surface area contributed by atoms with E-state index >= 15 is 0 Å². The molecule has 4 N–H and O–H groups in total. The van der Waals surface area contributed by atoms with Crippen molar-refractivity contribution >= 4 is 29.0 Å². The monoisotopic (exact) mass is 332 g/mol. The van der Waals surface area contributed by atoms with Crippen molar-refractivity contribution in [3.05, 3.63) is 59.1 Å². The zero-order chi connectivity index (χ0) is 15.5. The largest absolute Gasteiger partial charge is 0.417 e. The molecule has 0 radical (unpaired) electrons. The second kappa shape index (κ2) is 7.15. The van der Waals surface area contributed by atoms with Crippen molar-refractivity contribution < 1.29 is 23.4 Å². The highest BCUT2D eigenvalue weighted by Crippen LogP contribution is 2.36. The lowest BCUT2D eigenvalue weighted by atomic mass is 10.2. The van der Waals surface area contributed by atoms with Crippen LogP contribution in [0.1, 0.15) is 5.56 Å². The summed E-state index contributed by atoms with van der Waals surface area (Å²) in [7, 11) is 0. The molecule has 2 rings (SSSR count). The number of carbonyl (C=O) groups is 1. The molecule has 0 spiro atoms. The Bertz CT molecular complexity index is 648. The number of carbonyl (C=O) groups excluding carboxylic acids is 1. The van der Waals surface area contributed by atoms with Gasteiger partial charge in [0.2, 0.25) is 0 Å². The summed E-state index contributed by atoms with van der Waals surface area (Å²) in [5.74, 6) is 0. The van der Waals surface area contributed by atoms with E-state index in [9.17, 15) is 18.0 Å². The van der Waals surface area contributed by atoms with Crippen molar-refractivity contribution in [2.45, 2.75) is 6.18 Å².